The van der Waals surface area contributed by atoms with E-state index in [4.69, 9.17) is 9.97 Å². The molecule has 1 aromatic heterocycles. The fourth-order valence-corrected chi connectivity index (χ4v) is 8.43. The molecule has 0 spiro atoms. The Morgan fingerprint density at radius 3 is 1.60 bits per heavy atom. The Balaban J connectivity index is 1.28. The maximum Gasteiger partial charge on any atom is 0.134 e. The maximum absolute atomic E-state index is 4.97. The monoisotopic (exact) mass is 570 g/mol. The third-order valence-electron chi connectivity index (χ3n) is 8.14. The van der Waals surface area contributed by atoms with Crippen LogP contribution in [0.5, 0.6) is 0 Å². The molecule has 4 heteroatoms. The van der Waals surface area contributed by atoms with E-state index in [-0.39, 0.29) is 0 Å². The van der Waals surface area contributed by atoms with Gasteiger partial charge in [0.15, 0.2) is 0 Å². The van der Waals surface area contributed by atoms with Gasteiger partial charge in [-0.25, -0.2) is 9.97 Å². The highest BCUT2D eigenvalue weighted by Crippen LogP contribution is 2.50. The van der Waals surface area contributed by atoms with Gasteiger partial charge >= 0.3 is 0 Å². The number of hydrogen-bond acceptors (Lipinski definition) is 4. The van der Waals surface area contributed by atoms with Crippen molar-refractivity contribution in [2.45, 2.75) is 19.8 Å². The number of hydrogen-bond donors (Lipinski definition) is 0. The van der Waals surface area contributed by atoms with Crippen LogP contribution >= 0.6 is 23.5 Å². The van der Waals surface area contributed by atoms with Crippen LogP contribution in [-0.4, -0.2) is 9.97 Å². The molecule has 1 aliphatic rings. The minimum atomic E-state index is 0.935. The summed E-state index contributed by atoms with van der Waals surface area (Å²) in [5.41, 5.74) is 6.93. The summed E-state index contributed by atoms with van der Waals surface area (Å²) in [6.45, 7) is 0. The van der Waals surface area contributed by atoms with E-state index in [9.17, 15) is 0 Å². The van der Waals surface area contributed by atoms with Crippen molar-refractivity contribution in [3.63, 3.8) is 0 Å². The number of aromatic nitrogens is 2. The van der Waals surface area contributed by atoms with Gasteiger partial charge in [0.1, 0.15) is 10.1 Å². The second-order valence-corrected chi connectivity index (χ2v) is 12.6. The molecule has 0 saturated carbocycles. The molecule has 0 radical (unpaired) electrons. The zero-order chi connectivity index (χ0) is 27.6. The van der Waals surface area contributed by atoms with Crippen molar-refractivity contribution in [3.8, 4) is 22.3 Å². The zero-order valence-electron chi connectivity index (χ0n) is 22.4. The summed E-state index contributed by atoms with van der Waals surface area (Å²) in [5, 5.41) is 9.55. The molecular weight excluding hydrogens is 549 g/mol. The minimum absolute atomic E-state index is 0.935. The lowest BCUT2D eigenvalue weighted by Gasteiger charge is -2.21. The molecule has 2 nitrogen and oxygen atoms in total. The Morgan fingerprint density at radius 1 is 0.405 bits per heavy atom. The average Bonchev–Trinajstić information content (AvgIpc) is 3.05. The van der Waals surface area contributed by atoms with Gasteiger partial charge in [0.25, 0.3) is 0 Å². The fourth-order valence-electron chi connectivity index (χ4n) is 6.31. The van der Waals surface area contributed by atoms with Crippen molar-refractivity contribution in [2.75, 3.05) is 0 Å². The molecule has 0 fully saturated rings. The molecule has 0 unspecified atom stereocenters. The molecule has 0 atom stereocenters. The molecule has 0 bridgehead atoms. The van der Waals surface area contributed by atoms with Crippen LogP contribution in [0, 0.1) is 0 Å². The third-order valence-corrected chi connectivity index (χ3v) is 10.5. The van der Waals surface area contributed by atoms with E-state index in [0.29, 0.717) is 0 Å². The summed E-state index contributed by atoms with van der Waals surface area (Å²) < 4.78 is 0. The number of benzene rings is 7. The number of rotatable bonds is 2. The predicted octanol–water partition coefficient (Wildman–Crippen LogP) is 11.0. The Kier molecular flexibility index (Phi) is 5.40. The number of para-hydroxylation sites is 2. The van der Waals surface area contributed by atoms with E-state index >= 15 is 0 Å². The molecule has 0 amide bonds. The lowest BCUT2D eigenvalue weighted by molar-refractivity contribution is 0.953. The molecular formula is C38H22N2S2. The van der Waals surface area contributed by atoms with Gasteiger partial charge in [0.2, 0.25) is 0 Å². The molecule has 0 aliphatic carbocycles. The smallest absolute Gasteiger partial charge is 0.134 e. The first kappa shape index (κ1) is 24.0. The van der Waals surface area contributed by atoms with E-state index in [1.165, 1.54) is 64.4 Å². The maximum atomic E-state index is 4.97. The Morgan fingerprint density at radius 2 is 0.929 bits per heavy atom. The highest BCUT2D eigenvalue weighted by atomic mass is 32.2. The van der Waals surface area contributed by atoms with Crippen LogP contribution in [0.25, 0.3) is 65.6 Å². The van der Waals surface area contributed by atoms with Crippen molar-refractivity contribution in [1.82, 2.24) is 9.97 Å². The van der Waals surface area contributed by atoms with Gasteiger partial charge in [-0.1, -0.05) is 133 Å². The van der Waals surface area contributed by atoms with Crippen LogP contribution in [0.2, 0.25) is 0 Å². The van der Waals surface area contributed by atoms with Crippen LogP contribution in [0.3, 0.4) is 0 Å². The molecule has 196 valence electrons. The van der Waals surface area contributed by atoms with Gasteiger partial charge in [0, 0.05) is 9.79 Å². The van der Waals surface area contributed by atoms with Crippen LogP contribution < -0.4 is 0 Å². The molecule has 1 aliphatic heterocycles. The van der Waals surface area contributed by atoms with Gasteiger partial charge in [-0.15, -0.1) is 0 Å². The van der Waals surface area contributed by atoms with Crippen LogP contribution in [0.15, 0.2) is 153 Å². The Hall–Kier alpha value is -4.64. The summed E-state index contributed by atoms with van der Waals surface area (Å²) in [4.78, 5) is 12.3. The van der Waals surface area contributed by atoms with E-state index in [1.54, 1.807) is 23.5 Å². The predicted molar refractivity (Wildman–Crippen MR) is 178 cm³/mol. The van der Waals surface area contributed by atoms with E-state index < -0.39 is 0 Å². The summed E-state index contributed by atoms with van der Waals surface area (Å²) in [6, 6.07) is 48.1. The van der Waals surface area contributed by atoms with Gasteiger partial charge in [-0.05, 0) is 78.8 Å². The first-order valence-corrected chi connectivity index (χ1v) is 15.6. The lowest BCUT2D eigenvalue weighted by atomic mass is 9.85. The minimum Gasteiger partial charge on any atom is -0.237 e. The quantitative estimate of drug-likeness (QED) is 0.193. The van der Waals surface area contributed by atoms with Gasteiger partial charge < -0.3 is 0 Å². The molecule has 2 heterocycles. The van der Waals surface area contributed by atoms with Crippen LogP contribution in [-0.2, 0) is 0 Å². The van der Waals surface area contributed by atoms with Crippen LogP contribution in [0.4, 0.5) is 0 Å². The Labute approximate surface area is 251 Å². The highest BCUT2D eigenvalue weighted by Gasteiger charge is 2.23. The number of nitrogens with zero attached hydrogens (tertiary/aromatic N) is 2. The third kappa shape index (κ3) is 3.69. The van der Waals surface area contributed by atoms with Crippen molar-refractivity contribution >= 4 is 66.9 Å². The van der Waals surface area contributed by atoms with E-state index in [2.05, 4.69) is 109 Å². The summed E-state index contributed by atoms with van der Waals surface area (Å²) in [7, 11) is 0. The van der Waals surface area contributed by atoms with E-state index in [1.807, 2.05) is 24.3 Å². The Bertz CT molecular complexity index is 2320. The van der Waals surface area contributed by atoms with Crippen LogP contribution in [0.1, 0.15) is 0 Å². The SMILES string of the molecule is c1ccc2c(-c3c4ccccc4c(-c4ccc5c(c4)Sc4nc6ccccc6nc4S5)c4ccccc34)cccc2c1. The van der Waals surface area contributed by atoms with Crippen molar-refractivity contribution < 1.29 is 0 Å². The second-order valence-electron chi connectivity index (χ2n) is 10.6. The normalized spacial score (nSPS) is 12.6. The van der Waals surface area contributed by atoms with Crippen molar-refractivity contribution in [2.24, 2.45) is 0 Å². The number of fused-ring (bicyclic) bond motifs is 6. The standard InChI is InChI=1S/C38H22N2S2/c1-2-12-25-23(10-1)11-9-17-26(25)36-29-15-5-3-13-27(29)35(28-14-4-6-16-30(28)36)24-20-21-33-34(22-24)42-38-37(41-33)39-31-18-7-8-19-32(31)40-38/h1-22H. The van der Waals surface area contributed by atoms with E-state index in [0.717, 1.165) is 21.1 Å². The zero-order valence-corrected chi connectivity index (χ0v) is 24.0. The molecule has 9 rings (SSSR count). The summed E-state index contributed by atoms with van der Waals surface area (Å²) >= 11 is 3.44. The van der Waals surface area contributed by atoms with Gasteiger partial charge in [0.05, 0.1) is 11.0 Å². The molecule has 7 aromatic carbocycles. The van der Waals surface area contributed by atoms with Gasteiger partial charge in [-0.2, -0.15) is 0 Å². The second kappa shape index (κ2) is 9.45. The molecule has 0 saturated heterocycles. The van der Waals surface area contributed by atoms with Crippen molar-refractivity contribution in [3.05, 3.63) is 133 Å². The molecule has 42 heavy (non-hydrogen) atoms. The average molecular weight is 571 g/mol. The topological polar surface area (TPSA) is 25.8 Å². The van der Waals surface area contributed by atoms with Gasteiger partial charge in [-0.3, -0.25) is 0 Å². The largest absolute Gasteiger partial charge is 0.237 e. The fraction of sp³-hybridized carbons (Fsp3) is 0. The molecule has 8 aromatic rings. The summed E-state index contributed by atoms with van der Waals surface area (Å²) in [6.07, 6.45) is 0. The summed E-state index contributed by atoms with van der Waals surface area (Å²) in [5.74, 6) is 0. The highest BCUT2D eigenvalue weighted by molar-refractivity contribution is 8.05. The van der Waals surface area contributed by atoms with Crippen molar-refractivity contribution in [1.29, 1.82) is 0 Å². The first-order chi connectivity index (χ1) is 20.8. The lowest BCUT2D eigenvalue weighted by Crippen LogP contribution is -1.97. The first-order valence-electron chi connectivity index (χ1n) is 14.0. The molecule has 0 N–H and O–H groups in total.